The number of anilines is 1. The number of nitro groups is 1. The van der Waals surface area contributed by atoms with E-state index < -0.39 is 11.0 Å². The maximum atomic E-state index is 11.3. The van der Waals surface area contributed by atoms with E-state index in [9.17, 15) is 14.9 Å². The van der Waals surface area contributed by atoms with Crippen molar-refractivity contribution in [2.75, 3.05) is 18.0 Å². The third-order valence-corrected chi connectivity index (χ3v) is 4.29. The van der Waals surface area contributed by atoms with Crippen LogP contribution in [0.1, 0.15) is 12.8 Å². The first-order valence-electron chi connectivity index (χ1n) is 6.47. The van der Waals surface area contributed by atoms with Crippen molar-refractivity contribution in [3.05, 3.63) is 21.7 Å². The van der Waals surface area contributed by atoms with Crippen molar-refractivity contribution in [1.82, 2.24) is 14.7 Å². The molecule has 3 N–H and O–H groups in total. The highest BCUT2D eigenvalue weighted by molar-refractivity contribution is 7.15. The minimum Gasteiger partial charge on any atom is -0.358 e. The van der Waals surface area contributed by atoms with Crippen LogP contribution in [0.25, 0.3) is 4.96 Å². The fraction of sp³-hybridized carbons (Fsp3) is 0.455. The van der Waals surface area contributed by atoms with E-state index in [4.69, 9.17) is 5.73 Å². The van der Waals surface area contributed by atoms with E-state index >= 15 is 0 Å². The molecule has 10 heteroatoms. The molecule has 0 atom stereocenters. The van der Waals surface area contributed by atoms with Gasteiger partial charge in [0.25, 0.3) is 4.96 Å². The number of carbonyl (C=O) groups is 1. The number of thiazole rings is 1. The van der Waals surface area contributed by atoms with Crippen molar-refractivity contribution in [1.29, 1.82) is 0 Å². The van der Waals surface area contributed by atoms with Crippen molar-refractivity contribution < 1.29 is 9.72 Å². The van der Waals surface area contributed by atoms with Crippen LogP contribution in [0.15, 0.2) is 11.6 Å². The predicted octanol–water partition coefficient (Wildman–Crippen LogP) is 0.941. The largest absolute Gasteiger partial charge is 0.373 e. The Morgan fingerprint density at radius 3 is 2.86 bits per heavy atom. The number of amides is 2. The molecule has 0 aliphatic carbocycles. The number of primary amides is 1. The van der Waals surface area contributed by atoms with Gasteiger partial charge in [0.1, 0.15) is 6.20 Å². The maximum Gasteiger partial charge on any atom is 0.373 e. The van der Waals surface area contributed by atoms with E-state index in [1.165, 1.54) is 15.7 Å². The summed E-state index contributed by atoms with van der Waals surface area (Å²) < 4.78 is 1.49. The lowest BCUT2D eigenvalue weighted by atomic mass is 10.1. The summed E-state index contributed by atoms with van der Waals surface area (Å²) in [5, 5.41) is 15.7. The molecule has 0 unspecified atom stereocenters. The molecular formula is C11H14N6O3S. The summed E-state index contributed by atoms with van der Waals surface area (Å²) in [5.74, 6) is 0.386. The Morgan fingerprint density at radius 2 is 2.24 bits per heavy atom. The third kappa shape index (κ3) is 2.49. The van der Waals surface area contributed by atoms with Crippen LogP contribution in [0.3, 0.4) is 0 Å². The molecule has 2 amide bonds. The number of urea groups is 1. The molecule has 2 aromatic rings. The first-order chi connectivity index (χ1) is 10.1. The Hall–Kier alpha value is -2.36. The average Bonchev–Trinajstić information content (AvgIpc) is 2.98. The Labute approximate surface area is 123 Å². The number of hydrogen-bond donors (Lipinski definition) is 2. The predicted molar refractivity (Wildman–Crippen MR) is 77.7 cm³/mol. The molecule has 0 aromatic carbocycles. The Balaban J connectivity index is 1.82. The van der Waals surface area contributed by atoms with Crippen LogP contribution >= 0.6 is 11.3 Å². The first kappa shape index (κ1) is 13.6. The van der Waals surface area contributed by atoms with E-state index in [0.29, 0.717) is 36.7 Å². The minimum absolute atomic E-state index is 0.00689. The second kappa shape index (κ2) is 5.20. The van der Waals surface area contributed by atoms with E-state index in [0.717, 1.165) is 0 Å². The number of carbonyl (C=O) groups excluding carboxylic acids is 1. The molecule has 1 aliphatic heterocycles. The summed E-state index contributed by atoms with van der Waals surface area (Å²) >= 11 is 1.36. The molecular weight excluding hydrogens is 296 g/mol. The molecule has 3 heterocycles. The monoisotopic (exact) mass is 310 g/mol. The summed E-state index contributed by atoms with van der Waals surface area (Å²) in [4.78, 5) is 28.6. The van der Waals surface area contributed by atoms with Crippen LogP contribution in [-0.2, 0) is 0 Å². The lowest BCUT2D eigenvalue weighted by Gasteiger charge is -2.31. The SMILES string of the molecule is NC(=O)NC1CCN(c2nc3sccn3c2[N+](=O)[O-])CC1. The van der Waals surface area contributed by atoms with Crippen molar-refractivity contribution in [3.8, 4) is 0 Å². The van der Waals surface area contributed by atoms with Gasteiger partial charge in [-0.15, -0.1) is 0 Å². The Kier molecular flexibility index (Phi) is 3.37. The lowest BCUT2D eigenvalue weighted by Crippen LogP contribution is -2.46. The number of imidazole rings is 1. The number of piperidine rings is 1. The highest BCUT2D eigenvalue weighted by Gasteiger charge is 2.30. The Bertz CT molecular complexity index is 687. The number of hydrogen-bond acceptors (Lipinski definition) is 6. The van der Waals surface area contributed by atoms with Crippen LogP contribution in [0.5, 0.6) is 0 Å². The molecule has 21 heavy (non-hydrogen) atoms. The van der Waals surface area contributed by atoms with Crippen LogP contribution in [-0.4, -0.2) is 39.5 Å². The fourth-order valence-electron chi connectivity index (χ4n) is 2.58. The molecule has 112 valence electrons. The van der Waals surface area contributed by atoms with Crippen LogP contribution < -0.4 is 16.0 Å². The van der Waals surface area contributed by atoms with E-state index in [-0.39, 0.29) is 11.9 Å². The molecule has 9 nitrogen and oxygen atoms in total. The summed E-state index contributed by atoms with van der Waals surface area (Å²) in [6, 6.07) is -0.525. The highest BCUT2D eigenvalue weighted by Crippen LogP contribution is 2.32. The number of aromatic nitrogens is 2. The van der Waals surface area contributed by atoms with Crippen LogP contribution in [0.4, 0.5) is 16.4 Å². The zero-order valence-corrected chi connectivity index (χ0v) is 11.9. The number of rotatable bonds is 3. The molecule has 1 aliphatic rings. The number of nitrogens with one attached hydrogen (secondary N) is 1. The van der Waals surface area contributed by atoms with Gasteiger partial charge in [-0.3, -0.25) is 0 Å². The van der Waals surface area contributed by atoms with Gasteiger partial charge in [0, 0.05) is 24.5 Å². The highest BCUT2D eigenvalue weighted by atomic mass is 32.1. The minimum atomic E-state index is -0.540. The topological polar surface area (TPSA) is 119 Å². The van der Waals surface area contributed by atoms with Crippen LogP contribution in [0.2, 0.25) is 0 Å². The molecule has 0 spiro atoms. The van der Waals surface area contributed by atoms with Gasteiger partial charge in [0.05, 0.1) is 0 Å². The zero-order chi connectivity index (χ0) is 15.0. The standard InChI is InChI=1S/C11H14N6O3S/c12-10(18)13-7-1-3-15(4-2-7)8-9(17(19)20)16-5-6-21-11(16)14-8/h5-7H,1-4H2,(H3,12,13,18). The average molecular weight is 310 g/mol. The van der Waals surface area contributed by atoms with Gasteiger partial charge in [-0.25, -0.2) is 4.79 Å². The second-order valence-corrected chi connectivity index (χ2v) is 5.71. The van der Waals surface area contributed by atoms with E-state index in [1.54, 1.807) is 11.6 Å². The van der Waals surface area contributed by atoms with Gasteiger partial charge in [0.15, 0.2) is 0 Å². The van der Waals surface area contributed by atoms with Crippen molar-refractivity contribution >= 4 is 34.0 Å². The summed E-state index contributed by atoms with van der Waals surface area (Å²) in [6.45, 7) is 1.19. The lowest BCUT2D eigenvalue weighted by molar-refractivity contribution is -0.389. The van der Waals surface area contributed by atoms with Gasteiger partial charge in [-0.05, 0) is 17.8 Å². The molecule has 1 saturated heterocycles. The van der Waals surface area contributed by atoms with E-state index in [2.05, 4.69) is 10.3 Å². The molecule has 3 rings (SSSR count). The molecule has 0 bridgehead atoms. The van der Waals surface area contributed by atoms with Gasteiger partial charge in [-0.1, -0.05) is 11.3 Å². The smallest absolute Gasteiger partial charge is 0.358 e. The second-order valence-electron chi connectivity index (χ2n) is 4.84. The van der Waals surface area contributed by atoms with Crippen molar-refractivity contribution in [2.45, 2.75) is 18.9 Å². The summed E-state index contributed by atoms with van der Waals surface area (Å²) in [6.07, 6.45) is 3.02. The zero-order valence-electron chi connectivity index (χ0n) is 11.1. The number of nitrogens with zero attached hydrogens (tertiary/aromatic N) is 4. The van der Waals surface area contributed by atoms with Crippen molar-refractivity contribution in [2.24, 2.45) is 5.73 Å². The molecule has 0 radical (unpaired) electrons. The van der Waals surface area contributed by atoms with Gasteiger partial charge in [0.2, 0.25) is 5.82 Å². The number of fused-ring (bicyclic) bond motifs is 1. The summed E-state index contributed by atoms with van der Waals surface area (Å²) in [5.41, 5.74) is 5.10. The Morgan fingerprint density at radius 1 is 1.52 bits per heavy atom. The van der Waals surface area contributed by atoms with Gasteiger partial charge >= 0.3 is 11.8 Å². The normalized spacial score (nSPS) is 16.3. The maximum absolute atomic E-state index is 11.3. The quantitative estimate of drug-likeness (QED) is 0.646. The third-order valence-electron chi connectivity index (χ3n) is 3.53. The number of nitrogens with two attached hydrogens (primary N) is 1. The van der Waals surface area contributed by atoms with Crippen molar-refractivity contribution in [3.63, 3.8) is 0 Å². The molecule has 0 saturated carbocycles. The van der Waals surface area contributed by atoms with Gasteiger partial charge in [-0.2, -0.15) is 9.38 Å². The van der Waals surface area contributed by atoms with E-state index in [1.807, 2.05) is 4.90 Å². The van der Waals surface area contributed by atoms with Crippen LogP contribution in [0, 0.1) is 10.1 Å². The first-order valence-corrected chi connectivity index (χ1v) is 7.35. The summed E-state index contributed by atoms with van der Waals surface area (Å²) in [7, 11) is 0. The molecule has 2 aromatic heterocycles. The fourth-order valence-corrected chi connectivity index (χ4v) is 3.29. The van der Waals surface area contributed by atoms with Gasteiger partial charge < -0.3 is 26.1 Å². The molecule has 1 fully saturated rings.